The lowest BCUT2D eigenvalue weighted by Gasteiger charge is -2.23. The Balaban J connectivity index is 1.71. The summed E-state index contributed by atoms with van der Waals surface area (Å²) < 4.78 is 11.1. The zero-order chi connectivity index (χ0) is 14.7. The van der Waals surface area contributed by atoms with Crippen LogP contribution in [0.3, 0.4) is 0 Å². The Morgan fingerprint density at radius 3 is 2.90 bits per heavy atom. The molecule has 1 amide bonds. The first-order chi connectivity index (χ1) is 10.3. The molecule has 1 aromatic carbocycles. The second-order valence-corrected chi connectivity index (χ2v) is 5.56. The van der Waals surface area contributed by atoms with Crippen molar-refractivity contribution in [3.05, 3.63) is 23.8 Å². The molecule has 0 spiro atoms. The third kappa shape index (κ3) is 3.13. The molecule has 0 bridgehead atoms. The number of hydrogen-bond donors (Lipinski definition) is 2. The lowest BCUT2D eigenvalue weighted by Crippen LogP contribution is -2.34. The molecule has 2 unspecified atom stereocenters. The van der Waals surface area contributed by atoms with Crippen molar-refractivity contribution in [3.63, 3.8) is 0 Å². The maximum atomic E-state index is 12.3. The predicted molar refractivity (Wildman–Crippen MR) is 79.6 cm³/mol. The molecule has 5 nitrogen and oxygen atoms in total. The first kappa shape index (κ1) is 14.2. The molecular formula is C16H22N2O3. The summed E-state index contributed by atoms with van der Waals surface area (Å²) in [6.07, 6.45) is 1.77. The number of carbonyl (C=O) groups excluding carboxylic acids is 1. The second-order valence-electron chi connectivity index (χ2n) is 5.56. The van der Waals surface area contributed by atoms with Crippen LogP contribution in [0.2, 0.25) is 0 Å². The van der Waals surface area contributed by atoms with Crippen molar-refractivity contribution in [2.24, 2.45) is 5.92 Å². The standard InChI is InChI=1S/C16H22N2O3/c1-2-13(18-16(19)12-5-6-17-10-12)11-3-4-14-15(9-11)21-8-7-20-14/h3-4,9,12-13,17H,2,5-8,10H2,1H3,(H,18,19). The van der Waals surface area contributed by atoms with E-state index in [-0.39, 0.29) is 17.9 Å². The zero-order valence-electron chi connectivity index (χ0n) is 12.4. The van der Waals surface area contributed by atoms with E-state index in [1.807, 2.05) is 18.2 Å². The van der Waals surface area contributed by atoms with Gasteiger partial charge in [0.15, 0.2) is 11.5 Å². The molecule has 0 saturated carbocycles. The van der Waals surface area contributed by atoms with Gasteiger partial charge in [0.05, 0.1) is 12.0 Å². The average Bonchev–Trinajstić information content (AvgIpc) is 3.06. The largest absolute Gasteiger partial charge is 0.486 e. The Kier molecular flexibility index (Phi) is 4.29. The van der Waals surface area contributed by atoms with Crippen molar-refractivity contribution in [2.45, 2.75) is 25.8 Å². The molecule has 0 radical (unpaired) electrons. The van der Waals surface area contributed by atoms with E-state index in [0.29, 0.717) is 13.2 Å². The van der Waals surface area contributed by atoms with E-state index in [1.54, 1.807) is 0 Å². The Labute approximate surface area is 125 Å². The quantitative estimate of drug-likeness (QED) is 0.885. The topological polar surface area (TPSA) is 59.6 Å². The molecule has 1 saturated heterocycles. The fraction of sp³-hybridized carbons (Fsp3) is 0.562. The summed E-state index contributed by atoms with van der Waals surface area (Å²) in [5.74, 6) is 1.79. The number of nitrogens with one attached hydrogen (secondary N) is 2. The van der Waals surface area contributed by atoms with Gasteiger partial charge in [-0.05, 0) is 37.1 Å². The summed E-state index contributed by atoms with van der Waals surface area (Å²) in [5.41, 5.74) is 1.07. The van der Waals surface area contributed by atoms with Gasteiger partial charge in [-0.1, -0.05) is 13.0 Å². The van der Waals surface area contributed by atoms with Crippen LogP contribution >= 0.6 is 0 Å². The van der Waals surface area contributed by atoms with Gasteiger partial charge in [-0.15, -0.1) is 0 Å². The van der Waals surface area contributed by atoms with Crippen molar-refractivity contribution in [1.29, 1.82) is 0 Å². The van der Waals surface area contributed by atoms with Crippen LogP contribution in [0.4, 0.5) is 0 Å². The molecule has 2 atom stereocenters. The van der Waals surface area contributed by atoms with Crippen molar-refractivity contribution in [1.82, 2.24) is 10.6 Å². The molecule has 2 aliphatic rings. The minimum absolute atomic E-state index is 0.0222. The highest BCUT2D eigenvalue weighted by molar-refractivity contribution is 5.79. The third-order valence-electron chi connectivity index (χ3n) is 4.12. The van der Waals surface area contributed by atoms with Crippen LogP contribution in [-0.4, -0.2) is 32.2 Å². The molecule has 21 heavy (non-hydrogen) atoms. The van der Waals surface area contributed by atoms with Crippen LogP contribution in [0.15, 0.2) is 18.2 Å². The van der Waals surface area contributed by atoms with E-state index < -0.39 is 0 Å². The number of benzene rings is 1. The number of fused-ring (bicyclic) bond motifs is 1. The molecule has 1 fully saturated rings. The summed E-state index contributed by atoms with van der Waals surface area (Å²) in [7, 11) is 0. The predicted octanol–water partition coefficient (Wildman–Crippen LogP) is 1.63. The van der Waals surface area contributed by atoms with Crippen LogP contribution in [0, 0.1) is 5.92 Å². The van der Waals surface area contributed by atoms with Gasteiger partial charge in [0.1, 0.15) is 13.2 Å². The van der Waals surface area contributed by atoms with Crippen molar-refractivity contribution >= 4 is 5.91 Å². The molecule has 2 aliphatic heterocycles. The van der Waals surface area contributed by atoms with E-state index in [2.05, 4.69) is 17.6 Å². The van der Waals surface area contributed by atoms with E-state index in [9.17, 15) is 4.79 Å². The van der Waals surface area contributed by atoms with Crippen molar-refractivity contribution in [3.8, 4) is 11.5 Å². The second kappa shape index (κ2) is 6.35. The van der Waals surface area contributed by atoms with E-state index >= 15 is 0 Å². The monoisotopic (exact) mass is 290 g/mol. The molecule has 114 valence electrons. The first-order valence-corrected chi connectivity index (χ1v) is 7.68. The summed E-state index contributed by atoms with van der Waals surface area (Å²) in [4.78, 5) is 12.3. The van der Waals surface area contributed by atoms with Crippen LogP contribution in [-0.2, 0) is 4.79 Å². The van der Waals surface area contributed by atoms with Crippen LogP contribution in [0.1, 0.15) is 31.4 Å². The Morgan fingerprint density at radius 2 is 2.19 bits per heavy atom. The average molecular weight is 290 g/mol. The highest BCUT2D eigenvalue weighted by atomic mass is 16.6. The number of ether oxygens (including phenoxy) is 2. The lowest BCUT2D eigenvalue weighted by atomic mass is 10.0. The Hall–Kier alpha value is -1.75. The van der Waals surface area contributed by atoms with Gasteiger partial charge < -0.3 is 20.1 Å². The smallest absolute Gasteiger partial charge is 0.224 e. The Morgan fingerprint density at radius 1 is 1.38 bits per heavy atom. The molecule has 1 aromatic rings. The zero-order valence-corrected chi connectivity index (χ0v) is 12.4. The minimum Gasteiger partial charge on any atom is -0.486 e. The van der Waals surface area contributed by atoms with Crippen LogP contribution in [0.25, 0.3) is 0 Å². The van der Waals surface area contributed by atoms with Crippen molar-refractivity contribution < 1.29 is 14.3 Å². The molecule has 2 N–H and O–H groups in total. The van der Waals surface area contributed by atoms with E-state index in [0.717, 1.165) is 43.0 Å². The number of amides is 1. The molecule has 5 heteroatoms. The maximum absolute atomic E-state index is 12.3. The van der Waals surface area contributed by atoms with Gasteiger partial charge in [-0.2, -0.15) is 0 Å². The number of hydrogen-bond acceptors (Lipinski definition) is 4. The highest BCUT2D eigenvalue weighted by Gasteiger charge is 2.25. The molecule has 2 heterocycles. The fourth-order valence-electron chi connectivity index (χ4n) is 2.87. The van der Waals surface area contributed by atoms with Crippen LogP contribution < -0.4 is 20.1 Å². The summed E-state index contributed by atoms with van der Waals surface area (Å²) in [6.45, 7) is 4.96. The van der Waals surface area contributed by atoms with Gasteiger partial charge in [-0.25, -0.2) is 0 Å². The normalized spacial score (nSPS) is 21.9. The van der Waals surface area contributed by atoms with Crippen LogP contribution in [0.5, 0.6) is 11.5 Å². The van der Waals surface area contributed by atoms with E-state index in [1.165, 1.54) is 0 Å². The maximum Gasteiger partial charge on any atom is 0.224 e. The fourth-order valence-corrected chi connectivity index (χ4v) is 2.87. The summed E-state index contributed by atoms with van der Waals surface area (Å²) >= 11 is 0. The highest BCUT2D eigenvalue weighted by Crippen LogP contribution is 2.33. The lowest BCUT2D eigenvalue weighted by molar-refractivity contribution is -0.125. The van der Waals surface area contributed by atoms with Gasteiger partial charge in [-0.3, -0.25) is 4.79 Å². The first-order valence-electron chi connectivity index (χ1n) is 7.68. The molecular weight excluding hydrogens is 268 g/mol. The third-order valence-corrected chi connectivity index (χ3v) is 4.12. The molecule has 3 rings (SSSR count). The van der Waals surface area contributed by atoms with Gasteiger partial charge in [0, 0.05) is 6.54 Å². The SMILES string of the molecule is CCC(NC(=O)C1CCNC1)c1ccc2c(c1)OCCO2. The van der Waals surface area contributed by atoms with Crippen molar-refractivity contribution in [2.75, 3.05) is 26.3 Å². The van der Waals surface area contributed by atoms with Gasteiger partial charge in [0.25, 0.3) is 0 Å². The Bertz CT molecular complexity index is 512. The van der Waals surface area contributed by atoms with Gasteiger partial charge in [0.2, 0.25) is 5.91 Å². The van der Waals surface area contributed by atoms with Gasteiger partial charge >= 0.3 is 0 Å². The summed E-state index contributed by atoms with van der Waals surface area (Å²) in [5, 5.41) is 6.38. The number of rotatable bonds is 4. The number of carbonyl (C=O) groups is 1. The minimum atomic E-state index is 0.0222. The van der Waals surface area contributed by atoms with E-state index in [4.69, 9.17) is 9.47 Å². The summed E-state index contributed by atoms with van der Waals surface area (Å²) in [6, 6.07) is 5.94. The molecule has 0 aromatic heterocycles. The molecule has 0 aliphatic carbocycles.